The van der Waals surface area contributed by atoms with Crippen LogP contribution >= 0.6 is 0 Å². The molecular weight excluding hydrogens is 204 g/mol. The molecule has 1 aliphatic heterocycles. The predicted octanol–water partition coefficient (Wildman–Crippen LogP) is 1.02. The molecule has 1 unspecified atom stereocenters. The van der Waals surface area contributed by atoms with E-state index in [2.05, 4.69) is 22.0 Å². The Morgan fingerprint density at radius 3 is 3.06 bits per heavy atom. The van der Waals surface area contributed by atoms with E-state index < -0.39 is 0 Å². The number of nitrogens with zero attached hydrogens (tertiary/aromatic N) is 3. The summed E-state index contributed by atoms with van der Waals surface area (Å²) in [7, 11) is 0. The second-order valence-electron chi connectivity index (χ2n) is 4.21. The molecule has 1 aromatic heterocycles. The summed E-state index contributed by atoms with van der Waals surface area (Å²) in [6.45, 7) is 4.27. The van der Waals surface area contributed by atoms with Crippen molar-refractivity contribution in [2.24, 2.45) is 16.8 Å². The quantitative estimate of drug-likeness (QED) is 0.338. The van der Waals surface area contributed by atoms with Crippen molar-refractivity contribution in [3.63, 3.8) is 0 Å². The normalized spacial score (nSPS) is 21.4. The van der Waals surface area contributed by atoms with Gasteiger partial charge in [-0.3, -0.25) is 0 Å². The highest BCUT2D eigenvalue weighted by Crippen LogP contribution is 2.21. The summed E-state index contributed by atoms with van der Waals surface area (Å²) in [5, 5.41) is 11.6. The number of oxime groups is 1. The van der Waals surface area contributed by atoms with Crippen LogP contribution in [0.2, 0.25) is 0 Å². The Balaban J connectivity index is 2.22. The number of aromatic nitrogens is 1. The number of rotatable bonds is 2. The lowest BCUT2D eigenvalue weighted by Gasteiger charge is -2.17. The van der Waals surface area contributed by atoms with Gasteiger partial charge in [0.05, 0.1) is 0 Å². The molecule has 16 heavy (non-hydrogen) atoms. The van der Waals surface area contributed by atoms with Crippen LogP contribution in [0.15, 0.2) is 23.4 Å². The molecular formula is C11H16N4O. The number of amidine groups is 1. The molecule has 0 aliphatic carbocycles. The molecule has 1 saturated heterocycles. The van der Waals surface area contributed by atoms with E-state index in [0.717, 1.165) is 18.9 Å². The topological polar surface area (TPSA) is 74.7 Å². The Morgan fingerprint density at radius 1 is 1.62 bits per heavy atom. The van der Waals surface area contributed by atoms with Crippen LogP contribution < -0.4 is 10.6 Å². The molecule has 1 aromatic rings. The van der Waals surface area contributed by atoms with Crippen LogP contribution in [0.4, 0.5) is 5.82 Å². The molecule has 2 rings (SSSR count). The Bertz CT molecular complexity index is 405. The van der Waals surface area contributed by atoms with Crippen LogP contribution in [0.5, 0.6) is 0 Å². The third-order valence-electron chi connectivity index (χ3n) is 2.85. The van der Waals surface area contributed by atoms with E-state index in [4.69, 9.17) is 10.9 Å². The predicted molar refractivity (Wildman–Crippen MR) is 62.7 cm³/mol. The molecule has 1 atom stereocenters. The van der Waals surface area contributed by atoms with E-state index in [1.165, 1.54) is 6.42 Å². The van der Waals surface area contributed by atoms with Crippen molar-refractivity contribution in [3.05, 3.63) is 23.9 Å². The third-order valence-corrected chi connectivity index (χ3v) is 2.85. The van der Waals surface area contributed by atoms with Gasteiger partial charge in [0.1, 0.15) is 11.5 Å². The highest BCUT2D eigenvalue weighted by atomic mass is 16.4. The Morgan fingerprint density at radius 2 is 2.44 bits per heavy atom. The summed E-state index contributed by atoms with van der Waals surface area (Å²) in [6, 6.07) is 5.56. The first kappa shape index (κ1) is 10.7. The first-order chi connectivity index (χ1) is 7.70. The molecule has 2 heterocycles. The Kier molecular flexibility index (Phi) is 2.94. The number of hydrogen-bond donors (Lipinski definition) is 2. The summed E-state index contributed by atoms with van der Waals surface area (Å²) in [5.74, 6) is 1.65. The molecule has 1 fully saturated rings. The minimum Gasteiger partial charge on any atom is -0.409 e. The van der Waals surface area contributed by atoms with Gasteiger partial charge in [-0.25, -0.2) is 4.98 Å². The average Bonchev–Trinajstić information content (AvgIpc) is 2.75. The van der Waals surface area contributed by atoms with Crippen molar-refractivity contribution in [2.75, 3.05) is 18.0 Å². The van der Waals surface area contributed by atoms with Crippen molar-refractivity contribution in [1.82, 2.24) is 4.98 Å². The molecule has 1 aliphatic rings. The Hall–Kier alpha value is -1.78. The fourth-order valence-electron chi connectivity index (χ4n) is 1.94. The average molecular weight is 220 g/mol. The minimum atomic E-state index is 0.0501. The number of hydrogen-bond acceptors (Lipinski definition) is 4. The summed E-state index contributed by atoms with van der Waals surface area (Å²) >= 11 is 0. The van der Waals surface area contributed by atoms with Crippen LogP contribution in [0, 0.1) is 5.92 Å². The molecule has 0 spiro atoms. The van der Waals surface area contributed by atoms with Crippen LogP contribution in [0.3, 0.4) is 0 Å². The zero-order valence-corrected chi connectivity index (χ0v) is 9.30. The van der Waals surface area contributed by atoms with Crippen LogP contribution in [0.25, 0.3) is 0 Å². The van der Waals surface area contributed by atoms with Gasteiger partial charge in [-0.05, 0) is 24.5 Å². The minimum absolute atomic E-state index is 0.0501. The SMILES string of the molecule is CC1CCN(c2cccc(C(N)=NO)n2)C1. The molecule has 5 nitrogen and oxygen atoms in total. The maximum atomic E-state index is 8.60. The highest BCUT2D eigenvalue weighted by molar-refractivity contribution is 5.95. The highest BCUT2D eigenvalue weighted by Gasteiger charge is 2.20. The van der Waals surface area contributed by atoms with Crippen molar-refractivity contribution >= 4 is 11.7 Å². The third kappa shape index (κ3) is 2.08. The van der Waals surface area contributed by atoms with Crippen molar-refractivity contribution in [1.29, 1.82) is 0 Å². The van der Waals surface area contributed by atoms with Crippen molar-refractivity contribution in [2.45, 2.75) is 13.3 Å². The number of pyridine rings is 1. The Labute approximate surface area is 94.6 Å². The molecule has 0 saturated carbocycles. The smallest absolute Gasteiger partial charge is 0.188 e. The fourth-order valence-corrected chi connectivity index (χ4v) is 1.94. The molecule has 0 aromatic carbocycles. The van der Waals surface area contributed by atoms with Crippen LogP contribution in [0.1, 0.15) is 19.0 Å². The lowest BCUT2D eigenvalue weighted by atomic mass is 10.2. The number of anilines is 1. The maximum absolute atomic E-state index is 8.60. The maximum Gasteiger partial charge on any atom is 0.188 e. The fraction of sp³-hybridized carbons (Fsp3) is 0.455. The van der Waals surface area contributed by atoms with Gasteiger partial charge in [0.25, 0.3) is 0 Å². The van der Waals surface area contributed by atoms with Gasteiger partial charge in [-0.15, -0.1) is 0 Å². The summed E-state index contributed by atoms with van der Waals surface area (Å²) in [6.07, 6.45) is 1.19. The second-order valence-corrected chi connectivity index (χ2v) is 4.21. The molecule has 0 bridgehead atoms. The van der Waals surface area contributed by atoms with E-state index in [-0.39, 0.29) is 5.84 Å². The lowest BCUT2D eigenvalue weighted by Crippen LogP contribution is -2.22. The van der Waals surface area contributed by atoms with Crippen LogP contribution in [-0.4, -0.2) is 29.1 Å². The van der Waals surface area contributed by atoms with E-state index >= 15 is 0 Å². The van der Waals surface area contributed by atoms with Gasteiger partial charge in [-0.1, -0.05) is 18.1 Å². The molecule has 3 N–H and O–H groups in total. The summed E-state index contributed by atoms with van der Waals surface area (Å²) in [5.41, 5.74) is 6.02. The monoisotopic (exact) mass is 220 g/mol. The summed E-state index contributed by atoms with van der Waals surface area (Å²) in [4.78, 5) is 6.59. The van der Waals surface area contributed by atoms with E-state index in [1.807, 2.05) is 12.1 Å². The van der Waals surface area contributed by atoms with E-state index in [0.29, 0.717) is 11.6 Å². The first-order valence-corrected chi connectivity index (χ1v) is 5.40. The molecule has 0 amide bonds. The molecule has 86 valence electrons. The van der Waals surface area contributed by atoms with Gasteiger partial charge in [0.15, 0.2) is 5.84 Å². The van der Waals surface area contributed by atoms with Crippen LogP contribution in [-0.2, 0) is 0 Å². The first-order valence-electron chi connectivity index (χ1n) is 5.40. The standard InChI is InChI=1S/C11H16N4O/c1-8-5-6-15(7-8)10-4-2-3-9(13-10)11(12)14-16/h2-4,8,16H,5-7H2,1H3,(H2,12,14). The van der Waals surface area contributed by atoms with Gasteiger partial charge in [0.2, 0.25) is 0 Å². The molecule has 5 heteroatoms. The van der Waals surface area contributed by atoms with Crippen molar-refractivity contribution in [3.8, 4) is 0 Å². The summed E-state index contributed by atoms with van der Waals surface area (Å²) < 4.78 is 0. The van der Waals surface area contributed by atoms with Crippen molar-refractivity contribution < 1.29 is 5.21 Å². The molecule has 0 radical (unpaired) electrons. The van der Waals surface area contributed by atoms with Gasteiger partial charge < -0.3 is 15.8 Å². The van der Waals surface area contributed by atoms with E-state index in [1.54, 1.807) is 6.07 Å². The van der Waals surface area contributed by atoms with E-state index in [9.17, 15) is 0 Å². The zero-order valence-electron chi connectivity index (χ0n) is 9.30. The van der Waals surface area contributed by atoms with Gasteiger partial charge >= 0.3 is 0 Å². The zero-order chi connectivity index (χ0) is 11.5. The number of nitrogens with two attached hydrogens (primary N) is 1. The van der Waals surface area contributed by atoms with Gasteiger partial charge in [0, 0.05) is 13.1 Å². The largest absolute Gasteiger partial charge is 0.409 e. The van der Waals surface area contributed by atoms with Gasteiger partial charge in [-0.2, -0.15) is 0 Å². The lowest BCUT2D eigenvalue weighted by molar-refractivity contribution is 0.318. The second kappa shape index (κ2) is 4.38.